The van der Waals surface area contributed by atoms with E-state index in [4.69, 9.17) is 4.74 Å². The molecule has 6 nitrogen and oxygen atoms in total. The SMILES string of the molecule is COc1cc(C=O)ccc1C#CCN1C(=O)CN(C)C1=O. The first kappa shape index (κ1) is 14.6. The molecule has 0 aliphatic carbocycles. The summed E-state index contributed by atoms with van der Waals surface area (Å²) in [4.78, 5) is 36.4. The second-order valence-corrected chi connectivity index (χ2v) is 4.50. The molecule has 1 fully saturated rings. The largest absolute Gasteiger partial charge is 0.495 e. The van der Waals surface area contributed by atoms with Crippen molar-refractivity contribution in [2.45, 2.75) is 0 Å². The number of carbonyl (C=O) groups is 3. The lowest BCUT2D eigenvalue weighted by atomic mass is 10.1. The van der Waals surface area contributed by atoms with Crippen LogP contribution in [-0.4, -0.2) is 55.3 Å². The van der Waals surface area contributed by atoms with E-state index in [0.29, 0.717) is 16.9 Å². The highest BCUT2D eigenvalue weighted by atomic mass is 16.5. The fourth-order valence-corrected chi connectivity index (χ4v) is 1.92. The van der Waals surface area contributed by atoms with Crippen LogP contribution in [0, 0.1) is 11.8 Å². The zero-order valence-corrected chi connectivity index (χ0v) is 11.8. The Labute approximate surface area is 122 Å². The van der Waals surface area contributed by atoms with Crippen LogP contribution in [0.25, 0.3) is 0 Å². The smallest absolute Gasteiger partial charge is 0.327 e. The van der Waals surface area contributed by atoms with Crippen molar-refractivity contribution in [2.24, 2.45) is 0 Å². The lowest BCUT2D eigenvalue weighted by Crippen LogP contribution is -2.31. The third-order valence-corrected chi connectivity index (χ3v) is 3.05. The predicted octanol–water partition coefficient (Wildman–Crippen LogP) is 0.753. The van der Waals surface area contributed by atoms with Gasteiger partial charge in [0.25, 0.3) is 5.91 Å². The molecule has 0 spiro atoms. The second kappa shape index (κ2) is 6.09. The van der Waals surface area contributed by atoms with Crippen LogP contribution in [0.15, 0.2) is 18.2 Å². The lowest BCUT2D eigenvalue weighted by molar-refractivity contribution is -0.124. The Morgan fingerprint density at radius 2 is 2.14 bits per heavy atom. The van der Waals surface area contributed by atoms with Crippen LogP contribution < -0.4 is 4.74 Å². The molecule has 0 radical (unpaired) electrons. The summed E-state index contributed by atoms with van der Waals surface area (Å²) in [5, 5.41) is 0. The van der Waals surface area contributed by atoms with Crippen LogP contribution in [0.4, 0.5) is 4.79 Å². The zero-order valence-electron chi connectivity index (χ0n) is 11.8. The van der Waals surface area contributed by atoms with Crippen LogP contribution >= 0.6 is 0 Å². The van der Waals surface area contributed by atoms with E-state index in [1.165, 1.54) is 12.0 Å². The number of amides is 3. The van der Waals surface area contributed by atoms with Crippen LogP contribution in [0.5, 0.6) is 5.75 Å². The van der Waals surface area contributed by atoms with Crippen LogP contribution in [0.2, 0.25) is 0 Å². The minimum Gasteiger partial charge on any atom is -0.495 e. The molecule has 0 atom stereocenters. The Hall–Kier alpha value is -2.81. The molecule has 108 valence electrons. The van der Waals surface area contributed by atoms with E-state index in [1.807, 2.05) is 0 Å². The van der Waals surface area contributed by atoms with Gasteiger partial charge in [-0.05, 0) is 12.1 Å². The fourth-order valence-electron chi connectivity index (χ4n) is 1.92. The first-order chi connectivity index (χ1) is 10.1. The van der Waals surface area contributed by atoms with E-state index >= 15 is 0 Å². The molecular weight excluding hydrogens is 272 g/mol. The zero-order chi connectivity index (χ0) is 15.4. The van der Waals surface area contributed by atoms with E-state index in [0.717, 1.165) is 11.2 Å². The number of aldehydes is 1. The van der Waals surface area contributed by atoms with Crippen molar-refractivity contribution in [3.8, 4) is 17.6 Å². The van der Waals surface area contributed by atoms with E-state index < -0.39 is 0 Å². The molecule has 3 amide bonds. The minimum absolute atomic E-state index is 0.0284. The van der Waals surface area contributed by atoms with E-state index in [2.05, 4.69) is 11.8 Å². The second-order valence-electron chi connectivity index (χ2n) is 4.50. The number of urea groups is 1. The molecule has 6 heteroatoms. The Morgan fingerprint density at radius 1 is 1.38 bits per heavy atom. The molecule has 2 rings (SSSR count). The van der Waals surface area contributed by atoms with E-state index in [9.17, 15) is 14.4 Å². The van der Waals surface area contributed by atoms with Crippen molar-refractivity contribution >= 4 is 18.2 Å². The topological polar surface area (TPSA) is 66.9 Å². The third-order valence-electron chi connectivity index (χ3n) is 3.05. The van der Waals surface area contributed by atoms with Crippen molar-refractivity contribution in [3.05, 3.63) is 29.3 Å². The summed E-state index contributed by atoms with van der Waals surface area (Å²) < 4.78 is 5.15. The predicted molar refractivity (Wildman–Crippen MR) is 75.0 cm³/mol. The summed E-state index contributed by atoms with van der Waals surface area (Å²) in [6.45, 7) is 0.110. The highest BCUT2D eigenvalue weighted by Crippen LogP contribution is 2.18. The van der Waals surface area contributed by atoms with Gasteiger partial charge in [0.1, 0.15) is 18.6 Å². The van der Waals surface area contributed by atoms with Crippen molar-refractivity contribution < 1.29 is 19.1 Å². The van der Waals surface area contributed by atoms with Crippen LogP contribution in [0.1, 0.15) is 15.9 Å². The van der Waals surface area contributed by atoms with Gasteiger partial charge >= 0.3 is 6.03 Å². The highest BCUT2D eigenvalue weighted by Gasteiger charge is 2.32. The van der Waals surface area contributed by atoms with Gasteiger partial charge in [0, 0.05) is 12.6 Å². The molecule has 1 aromatic rings. The Balaban J connectivity index is 2.15. The van der Waals surface area contributed by atoms with Crippen molar-refractivity contribution in [1.82, 2.24) is 9.80 Å². The molecule has 0 saturated carbocycles. The summed E-state index contributed by atoms with van der Waals surface area (Å²) >= 11 is 0. The van der Waals surface area contributed by atoms with Gasteiger partial charge in [-0.3, -0.25) is 14.5 Å². The average Bonchev–Trinajstić information content (AvgIpc) is 2.73. The van der Waals surface area contributed by atoms with Gasteiger partial charge < -0.3 is 9.64 Å². The third kappa shape index (κ3) is 3.03. The van der Waals surface area contributed by atoms with Gasteiger partial charge in [-0.15, -0.1) is 0 Å². The maximum absolute atomic E-state index is 11.7. The van der Waals surface area contributed by atoms with E-state index in [-0.39, 0.29) is 25.0 Å². The normalized spacial score (nSPS) is 14.0. The molecule has 1 aromatic carbocycles. The Bertz CT molecular complexity index is 657. The molecule has 0 unspecified atom stereocenters. The van der Waals surface area contributed by atoms with Gasteiger partial charge in [0.2, 0.25) is 0 Å². The Kier molecular flexibility index (Phi) is 4.24. The number of rotatable bonds is 3. The number of methoxy groups -OCH3 is 1. The van der Waals surface area contributed by atoms with Crippen molar-refractivity contribution in [1.29, 1.82) is 0 Å². The Morgan fingerprint density at radius 3 is 2.71 bits per heavy atom. The molecule has 1 heterocycles. The summed E-state index contributed by atoms with van der Waals surface area (Å²) in [7, 11) is 3.05. The number of ether oxygens (including phenoxy) is 1. The highest BCUT2D eigenvalue weighted by molar-refractivity contribution is 6.02. The molecule has 0 bridgehead atoms. The fraction of sp³-hybridized carbons (Fsp3) is 0.267. The van der Waals surface area contributed by atoms with Gasteiger partial charge in [0.05, 0.1) is 19.2 Å². The molecular formula is C15H14N2O4. The first-order valence-corrected chi connectivity index (χ1v) is 6.24. The average molecular weight is 286 g/mol. The number of likely N-dealkylation sites (N-methyl/N-ethyl adjacent to an activating group) is 1. The number of hydrogen-bond donors (Lipinski definition) is 0. The molecule has 1 aliphatic rings. The quantitative estimate of drug-likeness (QED) is 0.467. The number of nitrogens with zero attached hydrogens (tertiary/aromatic N) is 2. The van der Waals surface area contributed by atoms with Crippen LogP contribution in [0.3, 0.4) is 0 Å². The number of benzene rings is 1. The molecule has 0 N–H and O–H groups in total. The van der Waals surface area contributed by atoms with Gasteiger partial charge in [-0.2, -0.15) is 0 Å². The lowest BCUT2D eigenvalue weighted by Gasteiger charge is -2.09. The molecule has 21 heavy (non-hydrogen) atoms. The summed E-state index contributed by atoms with van der Waals surface area (Å²) in [6.07, 6.45) is 0.719. The molecule has 1 saturated heterocycles. The molecule has 1 aliphatic heterocycles. The van der Waals surface area contributed by atoms with Crippen molar-refractivity contribution in [3.63, 3.8) is 0 Å². The van der Waals surface area contributed by atoms with Gasteiger partial charge in [0.15, 0.2) is 0 Å². The van der Waals surface area contributed by atoms with Crippen LogP contribution in [-0.2, 0) is 4.79 Å². The van der Waals surface area contributed by atoms with E-state index in [1.54, 1.807) is 25.2 Å². The monoisotopic (exact) mass is 286 g/mol. The van der Waals surface area contributed by atoms with Gasteiger partial charge in [-0.1, -0.05) is 17.9 Å². The summed E-state index contributed by atoms with van der Waals surface area (Å²) in [5.41, 5.74) is 1.08. The first-order valence-electron chi connectivity index (χ1n) is 6.24. The number of hydrogen-bond acceptors (Lipinski definition) is 4. The minimum atomic E-state index is -0.349. The molecule has 0 aromatic heterocycles. The maximum Gasteiger partial charge on any atom is 0.327 e. The number of carbonyl (C=O) groups excluding carboxylic acids is 3. The maximum atomic E-state index is 11.7. The number of imide groups is 1. The van der Waals surface area contributed by atoms with Gasteiger partial charge in [-0.25, -0.2) is 4.79 Å². The summed E-state index contributed by atoms with van der Waals surface area (Å²) in [6, 6.07) is 4.52. The summed E-state index contributed by atoms with van der Waals surface area (Å²) in [5.74, 6) is 5.83. The van der Waals surface area contributed by atoms with Crippen molar-refractivity contribution in [2.75, 3.05) is 27.2 Å². The standard InChI is InChI=1S/C15H14N2O4/c1-16-9-14(19)17(15(16)20)7-3-4-12-6-5-11(10-18)8-13(12)21-2/h5-6,8,10H,7,9H2,1-2H3.